The summed E-state index contributed by atoms with van der Waals surface area (Å²) in [5.41, 5.74) is 5.86. The molecule has 0 aromatic rings. The SMILES string of the molecule is CCC(C)(OCCCCCC(=O)OC(C)(CN=N)CC1CCC2OC2C1)C(=O)C1CCC2OC2C1. The number of hydrogen-bond acceptors (Lipinski definition) is 8. The number of carbonyl (C=O) groups is 2. The third-order valence-corrected chi connectivity index (χ3v) is 8.62. The second-order valence-electron chi connectivity index (χ2n) is 11.7. The number of carbonyl (C=O) groups excluding carboxylic acids is 2. The standard InChI is InChI=1S/C27H44N2O6/c1-4-27(3,25(31)19-10-12-21-23(15-19)34-21)32-13-7-5-6-8-24(30)35-26(2,17-29-28)16-18-9-11-20-22(14-18)33-20/h18-23,28H,4-17H2,1-3H3. The molecule has 8 unspecified atom stereocenters. The van der Waals surface area contributed by atoms with E-state index in [4.69, 9.17) is 24.5 Å². The molecule has 0 spiro atoms. The normalized spacial score (nSPS) is 34.5. The Morgan fingerprint density at radius 1 is 0.971 bits per heavy atom. The molecule has 8 atom stereocenters. The van der Waals surface area contributed by atoms with Crippen LogP contribution in [0.4, 0.5) is 0 Å². The van der Waals surface area contributed by atoms with Gasteiger partial charge in [-0.2, -0.15) is 5.11 Å². The molecule has 4 rings (SSSR count). The fourth-order valence-corrected chi connectivity index (χ4v) is 6.18. The Morgan fingerprint density at radius 3 is 2.34 bits per heavy atom. The summed E-state index contributed by atoms with van der Waals surface area (Å²) in [5, 5.41) is 3.55. The minimum absolute atomic E-state index is 0.0510. The molecular weight excluding hydrogens is 448 g/mol. The van der Waals surface area contributed by atoms with Crippen LogP contribution in [0.5, 0.6) is 0 Å². The maximum Gasteiger partial charge on any atom is 0.306 e. The molecule has 4 aliphatic rings. The fourth-order valence-electron chi connectivity index (χ4n) is 6.18. The Labute approximate surface area is 209 Å². The number of esters is 1. The van der Waals surface area contributed by atoms with E-state index in [9.17, 15) is 9.59 Å². The summed E-state index contributed by atoms with van der Waals surface area (Å²) < 4.78 is 23.2. The molecule has 2 aliphatic heterocycles. The Hall–Kier alpha value is -1.38. The molecule has 0 aromatic carbocycles. The van der Waals surface area contributed by atoms with Crippen LogP contribution in [0.25, 0.3) is 0 Å². The molecule has 198 valence electrons. The van der Waals surface area contributed by atoms with Gasteiger partial charge >= 0.3 is 5.97 Å². The molecule has 8 heteroatoms. The third-order valence-electron chi connectivity index (χ3n) is 8.62. The average molecular weight is 493 g/mol. The third kappa shape index (κ3) is 7.10. The van der Waals surface area contributed by atoms with Crippen molar-refractivity contribution in [3.63, 3.8) is 0 Å². The number of unbranched alkanes of at least 4 members (excludes halogenated alkanes) is 2. The lowest BCUT2D eigenvalue weighted by Gasteiger charge is -2.32. The Kier molecular flexibility index (Phi) is 8.65. The zero-order chi connectivity index (χ0) is 25.1. The van der Waals surface area contributed by atoms with Gasteiger partial charge in [0, 0.05) is 18.9 Å². The van der Waals surface area contributed by atoms with E-state index in [1.54, 1.807) is 0 Å². The number of Topliss-reactive ketones (excluding diaryl/α,β-unsaturated/α-hetero) is 1. The maximum atomic E-state index is 13.1. The summed E-state index contributed by atoms with van der Waals surface area (Å²) in [6.07, 6.45) is 11.5. The summed E-state index contributed by atoms with van der Waals surface area (Å²) in [6.45, 7) is 6.56. The first-order valence-electron chi connectivity index (χ1n) is 13.8. The van der Waals surface area contributed by atoms with Crippen LogP contribution < -0.4 is 0 Å². The van der Waals surface area contributed by atoms with Gasteiger partial charge in [0.25, 0.3) is 0 Å². The molecule has 0 bridgehead atoms. The van der Waals surface area contributed by atoms with E-state index >= 15 is 0 Å². The number of fused-ring (bicyclic) bond motifs is 2. The Bertz CT molecular complexity index is 777. The number of rotatable bonds is 15. The summed E-state index contributed by atoms with van der Waals surface area (Å²) in [5.74, 6) is 0.506. The monoisotopic (exact) mass is 492 g/mol. The number of epoxide rings is 2. The lowest BCUT2D eigenvalue weighted by molar-refractivity contribution is -0.159. The maximum absolute atomic E-state index is 13.1. The van der Waals surface area contributed by atoms with Crippen molar-refractivity contribution in [3.8, 4) is 0 Å². The first-order chi connectivity index (χ1) is 16.7. The second-order valence-corrected chi connectivity index (χ2v) is 11.7. The summed E-state index contributed by atoms with van der Waals surface area (Å²) in [4.78, 5) is 25.6. The van der Waals surface area contributed by atoms with Gasteiger partial charge in [-0.1, -0.05) is 13.3 Å². The van der Waals surface area contributed by atoms with Gasteiger partial charge in [0.2, 0.25) is 0 Å². The van der Waals surface area contributed by atoms with Crippen molar-refractivity contribution in [2.75, 3.05) is 13.2 Å². The van der Waals surface area contributed by atoms with Gasteiger partial charge in [-0.05, 0) is 84.0 Å². The van der Waals surface area contributed by atoms with Crippen LogP contribution in [0, 0.1) is 17.4 Å². The van der Waals surface area contributed by atoms with E-state index in [1.165, 1.54) is 0 Å². The van der Waals surface area contributed by atoms with Gasteiger partial charge < -0.3 is 18.9 Å². The zero-order valence-electron chi connectivity index (χ0n) is 21.8. The smallest absolute Gasteiger partial charge is 0.306 e. The zero-order valence-corrected chi connectivity index (χ0v) is 21.8. The highest BCUT2D eigenvalue weighted by atomic mass is 16.6. The predicted molar refractivity (Wildman–Crippen MR) is 129 cm³/mol. The van der Waals surface area contributed by atoms with Crippen molar-refractivity contribution in [2.24, 2.45) is 17.0 Å². The van der Waals surface area contributed by atoms with E-state index in [2.05, 4.69) is 5.11 Å². The van der Waals surface area contributed by atoms with Crippen molar-refractivity contribution in [1.82, 2.24) is 0 Å². The Balaban J connectivity index is 1.12. The van der Waals surface area contributed by atoms with Gasteiger partial charge in [-0.3, -0.25) is 9.59 Å². The van der Waals surface area contributed by atoms with Gasteiger partial charge in [0.15, 0.2) is 5.78 Å². The first-order valence-corrected chi connectivity index (χ1v) is 13.8. The first kappa shape index (κ1) is 26.7. The van der Waals surface area contributed by atoms with Crippen LogP contribution in [0.15, 0.2) is 5.11 Å². The number of ketones is 1. The summed E-state index contributed by atoms with van der Waals surface area (Å²) in [7, 11) is 0. The minimum atomic E-state index is -0.739. The van der Waals surface area contributed by atoms with E-state index < -0.39 is 11.2 Å². The molecule has 1 N–H and O–H groups in total. The second kappa shape index (κ2) is 11.3. The quantitative estimate of drug-likeness (QED) is 0.146. The average Bonchev–Trinajstić information content (AvgIpc) is 3.74. The molecule has 8 nitrogen and oxygen atoms in total. The molecule has 2 aliphatic carbocycles. The number of ether oxygens (including phenoxy) is 4. The molecular formula is C27H44N2O6. The van der Waals surface area contributed by atoms with E-state index in [1.807, 2.05) is 20.8 Å². The topological polar surface area (TPSA) is 114 Å². The van der Waals surface area contributed by atoms with Gasteiger partial charge in [0.05, 0.1) is 31.0 Å². The van der Waals surface area contributed by atoms with E-state index in [-0.39, 0.29) is 30.3 Å². The van der Waals surface area contributed by atoms with Crippen LogP contribution in [0.2, 0.25) is 0 Å². The number of nitrogens with one attached hydrogen (secondary N) is 1. The molecule has 2 saturated carbocycles. The van der Waals surface area contributed by atoms with Crippen molar-refractivity contribution in [1.29, 1.82) is 5.53 Å². The highest BCUT2D eigenvalue weighted by Crippen LogP contribution is 2.43. The van der Waals surface area contributed by atoms with Crippen molar-refractivity contribution < 1.29 is 28.5 Å². The molecule has 0 aromatic heterocycles. The lowest BCUT2D eigenvalue weighted by atomic mass is 9.79. The molecule has 2 heterocycles. The highest BCUT2D eigenvalue weighted by molar-refractivity contribution is 5.89. The van der Waals surface area contributed by atoms with Gasteiger partial charge in [-0.15, -0.1) is 0 Å². The van der Waals surface area contributed by atoms with Crippen LogP contribution in [-0.4, -0.2) is 60.5 Å². The van der Waals surface area contributed by atoms with Crippen molar-refractivity contribution in [2.45, 2.75) is 133 Å². The molecule has 35 heavy (non-hydrogen) atoms. The van der Waals surface area contributed by atoms with E-state index in [0.717, 1.165) is 64.2 Å². The van der Waals surface area contributed by atoms with Crippen LogP contribution in [-0.2, 0) is 28.5 Å². The largest absolute Gasteiger partial charge is 0.457 e. The Morgan fingerprint density at radius 2 is 1.69 bits per heavy atom. The van der Waals surface area contributed by atoms with Gasteiger partial charge in [0.1, 0.15) is 11.2 Å². The molecule has 0 radical (unpaired) electrons. The van der Waals surface area contributed by atoms with Crippen LogP contribution in [0.3, 0.4) is 0 Å². The fraction of sp³-hybridized carbons (Fsp3) is 0.926. The van der Waals surface area contributed by atoms with Gasteiger partial charge in [-0.25, -0.2) is 5.53 Å². The minimum Gasteiger partial charge on any atom is -0.457 e. The van der Waals surface area contributed by atoms with Crippen molar-refractivity contribution >= 4 is 11.8 Å². The lowest BCUT2D eigenvalue weighted by Crippen LogP contribution is -2.43. The predicted octanol–water partition coefficient (Wildman–Crippen LogP) is 5.16. The number of hydrogen-bond donors (Lipinski definition) is 1. The highest BCUT2D eigenvalue weighted by Gasteiger charge is 2.49. The van der Waals surface area contributed by atoms with Crippen LogP contribution >= 0.6 is 0 Å². The number of nitrogens with zero attached hydrogens (tertiary/aromatic N) is 1. The molecule has 4 fully saturated rings. The van der Waals surface area contributed by atoms with Crippen LogP contribution in [0.1, 0.15) is 97.8 Å². The van der Waals surface area contributed by atoms with Crippen molar-refractivity contribution in [3.05, 3.63) is 0 Å². The summed E-state index contributed by atoms with van der Waals surface area (Å²) in [6, 6.07) is 0. The molecule has 2 saturated heterocycles. The molecule has 0 amide bonds. The van der Waals surface area contributed by atoms with E-state index in [0.29, 0.717) is 43.7 Å². The summed E-state index contributed by atoms with van der Waals surface area (Å²) >= 11 is 0.